The Morgan fingerprint density at radius 3 is 2.78 bits per heavy atom. The molecule has 1 rings (SSSR count). The van der Waals surface area contributed by atoms with Crippen molar-refractivity contribution < 1.29 is 23.1 Å². The molecule has 2 amide bonds. The zero-order valence-corrected chi connectivity index (χ0v) is 10.3. The van der Waals surface area contributed by atoms with Crippen LogP contribution in [0.2, 0.25) is 0 Å². The molecule has 0 saturated carbocycles. The molecule has 2 N–H and O–H groups in total. The number of nitrogens with zero attached hydrogens (tertiary/aromatic N) is 2. The molecule has 0 saturated heterocycles. The highest BCUT2D eigenvalue weighted by atomic mass is 32.1. The summed E-state index contributed by atoms with van der Waals surface area (Å²) >= 11 is 0.830. The third-order valence-corrected chi connectivity index (χ3v) is 2.86. The Morgan fingerprint density at radius 2 is 2.28 bits per heavy atom. The molecule has 0 bridgehead atoms. The van der Waals surface area contributed by atoms with Gasteiger partial charge in [0.15, 0.2) is 5.69 Å². The second-order valence-corrected chi connectivity index (χ2v) is 4.37. The molecule has 1 aromatic rings. The third kappa shape index (κ3) is 4.15. The van der Waals surface area contributed by atoms with E-state index in [2.05, 4.69) is 10.3 Å². The SMILES string of the molecule is CN(CCO)C(=O)NCc1nc(C(F)(F)F)cs1. The number of carbonyl (C=O) groups is 1. The molecular formula is C9H12F3N3O2S. The van der Waals surface area contributed by atoms with Crippen LogP contribution in [0.3, 0.4) is 0 Å². The van der Waals surface area contributed by atoms with E-state index in [1.807, 2.05) is 0 Å². The fraction of sp³-hybridized carbons (Fsp3) is 0.556. The minimum Gasteiger partial charge on any atom is -0.395 e. The van der Waals surface area contributed by atoms with Crippen LogP contribution in [-0.4, -0.2) is 41.2 Å². The predicted molar refractivity (Wildman–Crippen MR) is 59.1 cm³/mol. The number of rotatable bonds is 4. The number of alkyl halides is 3. The van der Waals surface area contributed by atoms with Gasteiger partial charge < -0.3 is 15.3 Å². The summed E-state index contributed by atoms with van der Waals surface area (Å²) in [7, 11) is 1.47. The van der Waals surface area contributed by atoms with Crippen LogP contribution < -0.4 is 5.32 Å². The number of hydrogen-bond acceptors (Lipinski definition) is 4. The van der Waals surface area contributed by atoms with Crippen molar-refractivity contribution >= 4 is 17.4 Å². The van der Waals surface area contributed by atoms with E-state index in [4.69, 9.17) is 5.11 Å². The first-order valence-electron chi connectivity index (χ1n) is 4.96. The summed E-state index contributed by atoms with van der Waals surface area (Å²) in [6.07, 6.45) is -4.47. The van der Waals surface area contributed by atoms with Crippen molar-refractivity contribution in [2.24, 2.45) is 0 Å². The van der Waals surface area contributed by atoms with Crippen molar-refractivity contribution in [3.05, 3.63) is 16.1 Å². The van der Waals surface area contributed by atoms with Gasteiger partial charge in [0.25, 0.3) is 0 Å². The van der Waals surface area contributed by atoms with Crippen molar-refractivity contribution in [2.45, 2.75) is 12.7 Å². The molecule has 102 valence electrons. The molecule has 0 aliphatic heterocycles. The number of aromatic nitrogens is 1. The summed E-state index contributed by atoms with van der Waals surface area (Å²) in [6, 6.07) is -0.479. The maximum Gasteiger partial charge on any atom is 0.434 e. The highest BCUT2D eigenvalue weighted by molar-refractivity contribution is 7.09. The number of nitrogens with one attached hydrogen (secondary N) is 1. The number of aliphatic hydroxyl groups is 1. The number of aliphatic hydroxyl groups excluding tert-OH is 1. The number of likely N-dealkylation sites (N-methyl/N-ethyl adjacent to an activating group) is 1. The van der Waals surface area contributed by atoms with Crippen molar-refractivity contribution in [1.29, 1.82) is 0 Å². The van der Waals surface area contributed by atoms with Crippen LogP contribution in [0.5, 0.6) is 0 Å². The lowest BCUT2D eigenvalue weighted by Crippen LogP contribution is -2.38. The summed E-state index contributed by atoms with van der Waals surface area (Å²) in [4.78, 5) is 16.0. The molecule has 0 fully saturated rings. The Bertz CT molecular complexity index is 408. The van der Waals surface area contributed by atoms with Gasteiger partial charge >= 0.3 is 12.2 Å². The highest BCUT2D eigenvalue weighted by Crippen LogP contribution is 2.29. The summed E-state index contributed by atoms with van der Waals surface area (Å²) in [5, 5.41) is 12.1. The maximum atomic E-state index is 12.2. The molecule has 5 nitrogen and oxygen atoms in total. The fourth-order valence-corrected chi connectivity index (χ4v) is 1.80. The molecule has 0 atom stereocenters. The molecule has 0 radical (unpaired) electrons. The normalized spacial score (nSPS) is 11.4. The Kier molecular flexibility index (Phi) is 4.91. The van der Waals surface area contributed by atoms with Crippen LogP contribution in [0.25, 0.3) is 0 Å². The van der Waals surface area contributed by atoms with E-state index in [-0.39, 0.29) is 24.7 Å². The lowest BCUT2D eigenvalue weighted by atomic mass is 10.5. The zero-order valence-electron chi connectivity index (χ0n) is 9.49. The molecule has 1 heterocycles. The van der Waals surface area contributed by atoms with Crippen molar-refractivity contribution in [1.82, 2.24) is 15.2 Å². The first-order chi connectivity index (χ1) is 8.34. The van der Waals surface area contributed by atoms with E-state index in [1.165, 1.54) is 11.9 Å². The number of amides is 2. The fourth-order valence-electron chi connectivity index (χ4n) is 1.06. The average molecular weight is 283 g/mol. The minimum absolute atomic E-state index is 0.0741. The summed E-state index contributed by atoms with van der Waals surface area (Å²) in [5.41, 5.74) is -0.958. The van der Waals surface area contributed by atoms with Gasteiger partial charge in [0.1, 0.15) is 5.01 Å². The van der Waals surface area contributed by atoms with Crippen molar-refractivity contribution in [3.63, 3.8) is 0 Å². The van der Waals surface area contributed by atoms with E-state index < -0.39 is 17.9 Å². The van der Waals surface area contributed by atoms with E-state index in [0.717, 1.165) is 16.7 Å². The first-order valence-corrected chi connectivity index (χ1v) is 5.84. The quantitative estimate of drug-likeness (QED) is 0.875. The highest BCUT2D eigenvalue weighted by Gasteiger charge is 2.33. The second-order valence-electron chi connectivity index (χ2n) is 3.43. The molecule has 0 aromatic carbocycles. The number of carbonyl (C=O) groups excluding carboxylic acids is 1. The number of hydrogen-bond donors (Lipinski definition) is 2. The van der Waals surface area contributed by atoms with Crippen molar-refractivity contribution in [2.75, 3.05) is 20.2 Å². The van der Waals surface area contributed by atoms with Gasteiger partial charge in [0, 0.05) is 19.0 Å². The van der Waals surface area contributed by atoms with Gasteiger partial charge in [-0.15, -0.1) is 11.3 Å². The molecule has 1 aromatic heterocycles. The van der Waals surface area contributed by atoms with Gasteiger partial charge in [-0.3, -0.25) is 0 Å². The second kappa shape index (κ2) is 6.01. The van der Waals surface area contributed by atoms with Gasteiger partial charge in [0.05, 0.1) is 13.2 Å². The Hall–Kier alpha value is -1.35. The summed E-state index contributed by atoms with van der Waals surface area (Å²) in [6.45, 7) is -0.105. The molecule has 0 spiro atoms. The lowest BCUT2D eigenvalue weighted by Gasteiger charge is -2.15. The van der Waals surface area contributed by atoms with Gasteiger partial charge in [0.2, 0.25) is 0 Å². The Balaban J connectivity index is 2.49. The minimum atomic E-state index is -4.47. The topological polar surface area (TPSA) is 65.5 Å². The van der Waals surface area contributed by atoms with Gasteiger partial charge in [-0.05, 0) is 0 Å². The molecule has 9 heteroatoms. The van der Waals surface area contributed by atoms with Crippen LogP contribution in [0.4, 0.5) is 18.0 Å². The molecule has 18 heavy (non-hydrogen) atoms. The third-order valence-electron chi connectivity index (χ3n) is 2.02. The zero-order chi connectivity index (χ0) is 13.8. The predicted octanol–water partition coefficient (Wildman–Crippen LogP) is 1.30. The molecule has 0 unspecified atom stereocenters. The standard InChI is InChI=1S/C9H12F3N3O2S/c1-15(2-3-16)8(17)13-4-7-14-6(5-18-7)9(10,11)12/h5,16H,2-4H2,1H3,(H,13,17). The average Bonchev–Trinajstić information content (AvgIpc) is 2.74. The molecule has 0 aliphatic carbocycles. The van der Waals surface area contributed by atoms with Gasteiger partial charge in [-0.1, -0.05) is 0 Å². The summed E-state index contributed by atoms with van der Waals surface area (Å²) in [5.74, 6) is 0. The number of halogens is 3. The van der Waals surface area contributed by atoms with Crippen LogP contribution in [0.1, 0.15) is 10.7 Å². The van der Waals surface area contributed by atoms with Crippen LogP contribution in [0, 0.1) is 0 Å². The van der Waals surface area contributed by atoms with Gasteiger partial charge in [-0.2, -0.15) is 13.2 Å². The van der Waals surface area contributed by atoms with E-state index in [1.54, 1.807) is 0 Å². The Labute approximate surface area is 105 Å². The molecule has 0 aliphatic rings. The smallest absolute Gasteiger partial charge is 0.395 e. The van der Waals surface area contributed by atoms with E-state index >= 15 is 0 Å². The summed E-state index contributed by atoms with van der Waals surface area (Å²) < 4.78 is 36.7. The largest absolute Gasteiger partial charge is 0.434 e. The van der Waals surface area contributed by atoms with Gasteiger partial charge in [-0.25, -0.2) is 9.78 Å². The number of thiazole rings is 1. The Morgan fingerprint density at radius 1 is 1.61 bits per heavy atom. The lowest BCUT2D eigenvalue weighted by molar-refractivity contribution is -0.140. The monoisotopic (exact) mass is 283 g/mol. The maximum absolute atomic E-state index is 12.2. The van der Waals surface area contributed by atoms with E-state index in [0.29, 0.717) is 0 Å². The first kappa shape index (κ1) is 14.7. The van der Waals surface area contributed by atoms with Crippen molar-refractivity contribution in [3.8, 4) is 0 Å². The van der Waals surface area contributed by atoms with Crippen LogP contribution in [-0.2, 0) is 12.7 Å². The van der Waals surface area contributed by atoms with E-state index in [9.17, 15) is 18.0 Å². The van der Waals surface area contributed by atoms with Crippen LogP contribution in [0.15, 0.2) is 5.38 Å². The van der Waals surface area contributed by atoms with Crippen LogP contribution >= 0.6 is 11.3 Å². The number of urea groups is 1. The molecular weight excluding hydrogens is 271 g/mol.